The maximum Gasteiger partial charge on any atom is 0.377 e. The van der Waals surface area contributed by atoms with E-state index >= 15 is 0 Å². The van der Waals surface area contributed by atoms with Gasteiger partial charge in [-0.2, -0.15) is 0 Å². The summed E-state index contributed by atoms with van der Waals surface area (Å²) >= 11 is 0. The topological polar surface area (TPSA) is 83.0 Å². The van der Waals surface area contributed by atoms with Crippen LogP contribution in [0.2, 0.25) is 0 Å². The van der Waals surface area contributed by atoms with Crippen LogP contribution in [0, 0.1) is 0 Å². The second-order valence-electron chi connectivity index (χ2n) is 3.85. The van der Waals surface area contributed by atoms with E-state index in [9.17, 15) is 4.79 Å². The highest BCUT2D eigenvalue weighted by molar-refractivity contribution is 5.84. The summed E-state index contributed by atoms with van der Waals surface area (Å²) in [5.41, 5.74) is 7.62. The van der Waals surface area contributed by atoms with Crippen LogP contribution in [0.25, 0.3) is 5.69 Å². The fourth-order valence-electron chi connectivity index (χ4n) is 1.65. The summed E-state index contributed by atoms with van der Waals surface area (Å²) < 4.78 is 6.08. The average Bonchev–Trinajstić information content (AvgIpc) is 2.87. The number of para-hydroxylation sites is 1. The monoisotopic (exact) mass is 246 g/mol. The zero-order chi connectivity index (χ0) is 13.1. The third-order valence-corrected chi connectivity index (χ3v) is 2.53. The summed E-state index contributed by atoms with van der Waals surface area (Å²) in [5, 5.41) is 4.07. The lowest BCUT2D eigenvalue weighted by atomic mass is 10.1. The van der Waals surface area contributed by atoms with Gasteiger partial charge in [-0.1, -0.05) is 18.2 Å². The number of hydrogen-bond acceptors (Lipinski definition) is 5. The van der Waals surface area contributed by atoms with Gasteiger partial charge in [0.15, 0.2) is 0 Å². The first-order valence-electron chi connectivity index (χ1n) is 5.48. The highest BCUT2D eigenvalue weighted by Gasteiger charge is 2.14. The van der Waals surface area contributed by atoms with Gasteiger partial charge >= 0.3 is 5.97 Å². The van der Waals surface area contributed by atoms with Crippen molar-refractivity contribution in [1.82, 2.24) is 14.8 Å². The summed E-state index contributed by atoms with van der Waals surface area (Å²) in [6.07, 6.45) is 1.47. The number of nitrogens with zero attached hydrogens (tertiary/aromatic N) is 3. The highest BCUT2D eigenvalue weighted by atomic mass is 16.5. The minimum Gasteiger partial charge on any atom is -0.463 e. The fourth-order valence-corrected chi connectivity index (χ4v) is 1.65. The Labute approximate surface area is 104 Å². The first kappa shape index (κ1) is 12.3. The molecule has 1 unspecified atom stereocenters. The molecular formula is C12H14N4O2. The lowest BCUT2D eigenvalue weighted by Gasteiger charge is -2.11. The molecule has 0 bridgehead atoms. The van der Waals surface area contributed by atoms with Crippen LogP contribution < -0.4 is 5.73 Å². The van der Waals surface area contributed by atoms with Crippen molar-refractivity contribution < 1.29 is 9.53 Å². The van der Waals surface area contributed by atoms with E-state index in [0.29, 0.717) is 0 Å². The van der Waals surface area contributed by atoms with Crippen molar-refractivity contribution in [3.05, 3.63) is 42.0 Å². The molecule has 0 fully saturated rings. The molecule has 94 valence electrons. The number of methoxy groups -OCH3 is 1. The number of aromatic nitrogens is 3. The summed E-state index contributed by atoms with van der Waals surface area (Å²) in [7, 11) is 1.29. The number of nitrogens with two attached hydrogens (primary N) is 1. The van der Waals surface area contributed by atoms with E-state index in [1.54, 1.807) is 0 Å². The molecule has 1 aromatic heterocycles. The molecule has 6 nitrogen and oxygen atoms in total. The van der Waals surface area contributed by atoms with Crippen LogP contribution in [-0.2, 0) is 4.74 Å². The van der Waals surface area contributed by atoms with E-state index in [4.69, 9.17) is 5.73 Å². The molecular weight excluding hydrogens is 232 g/mol. The highest BCUT2D eigenvalue weighted by Crippen LogP contribution is 2.18. The number of carbonyl (C=O) groups is 1. The van der Waals surface area contributed by atoms with Crippen molar-refractivity contribution in [2.45, 2.75) is 13.0 Å². The molecule has 1 aromatic carbocycles. The first-order valence-corrected chi connectivity index (χ1v) is 5.48. The zero-order valence-corrected chi connectivity index (χ0v) is 10.2. The third kappa shape index (κ3) is 2.23. The van der Waals surface area contributed by atoms with Gasteiger partial charge in [-0.15, -0.1) is 5.10 Å². The van der Waals surface area contributed by atoms with Crippen molar-refractivity contribution in [2.75, 3.05) is 7.11 Å². The Morgan fingerprint density at radius 1 is 1.44 bits per heavy atom. The van der Waals surface area contributed by atoms with Crippen molar-refractivity contribution in [3.63, 3.8) is 0 Å². The molecule has 2 aromatic rings. The van der Waals surface area contributed by atoms with Gasteiger partial charge < -0.3 is 10.5 Å². The van der Waals surface area contributed by atoms with Crippen molar-refractivity contribution >= 4 is 5.97 Å². The Kier molecular flexibility index (Phi) is 3.38. The molecule has 6 heteroatoms. The van der Waals surface area contributed by atoms with Gasteiger partial charge in [-0.05, 0) is 18.6 Å². The normalized spacial score (nSPS) is 12.2. The van der Waals surface area contributed by atoms with Crippen molar-refractivity contribution in [1.29, 1.82) is 0 Å². The molecule has 0 radical (unpaired) electrons. The summed E-state index contributed by atoms with van der Waals surface area (Å²) in [6.45, 7) is 1.89. The van der Waals surface area contributed by atoms with E-state index in [1.165, 1.54) is 18.1 Å². The predicted octanol–water partition coefficient (Wildman–Crippen LogP) is 1.07. The van der Waals surface area contributed by atoms with Gasteiger partial charge in [0, 0.05) is 6.04 Å². The van der Waals surface area contributed by atoms with Gasteiger partial charge in [0.05, 0.1) is 12.8 Å². The summed E-state index contributed by atoms with van der Waals surface area (Å²) in [5.74, 6) is -0.538. The van der Waals surface area contributed by atoms with Crippen LogP contribution in [-0.4, -0.2) is 27.8 Å². The molecule has 2 N–H and O–H groups in total. The van der Waals surface area contributed by atoms with Gasteiger partial charge in [0.2, 0.25) is 0 Å². The maximum atomic E-state index is 11.3. The second-order valence-corrected chi connectivity index (χ2v) is 3.85. The quantitative estimate of drug-likeness (QED) is 0.819. The van der Waals surface area contributed by atoms with E-state index in [-0.39, 0.29) is 11.9 Å². The van der Waals surface area contributed by atoms with E-state index in [2.05, 4.69) is 14.8 Å². The van der Waals surface area contributed by atoms with Gasteiger partial charge in [0.25, 0.3) is 5.82 Å². The number of rotatable bonds is 3. The van der Waals surface area contributed by atoms with E-state index in [1.807, 2.05) is 31.2 Å². The molecule has 1 atom stereocenters. The molecule has 0 aliphatic rings. The fraction of sp³-hybridized carbons (Fsp3) is 0.250. The smallest absolute Gasteiger partial charge is 0.377 e. The van der Waals surface area contributed by atoms with E-state index < -0.39 is 5.97 Å². The summed E-state index contributed by atoms with van der Waals surface area (Å²) in [4.78, 5) is 15.2. The van der Waals surface area contributed by atoms with Gasteiger partial charge in [-0.3, -0.25) is 0 Å². The Morgan fingerprint density at radius 3 is 2.83 bits per heavy atom. The molecule has 0 saturated heterocycles. The lowest BCUT2D eigenvalue weighted by molar-refractivity contribution is 0.0587. The Hall–Kier alpha value is -2.21. The predicted molar refractivity (Wildman–Crippen MR) is 65.3 cm³/mol. The van der Waals surface area contributed by atoms with Crippen LogP contribution in [0.4, 0.5) is 0 Å². The zero-order valence-electron chi connectivity index (χ0n) is 10.2. The van der Waals surface area contributed by atoms with Crippen molar-refractivity contribution in [3.8, 4) is 5.69 Å². The summed E-state index contributed by atoms with van der Waals surface area (Å²) in [6, 6.07) is 7.43. The van der Waals surface area contributed by atoms with Gasteiger partial charge in [0.1, 0.15) is 6.33 Å². The van der Waals surface area contributed by atoms with Crippen molar-refractivity contribution in [2.24, 2.45) is 5.73 Å². The Morgan fingerprint density at radius 2 is 2.17 bits per heavy atom. The molecule has 0 spiro atoms. The third-order valence-electron chi connectivity index (χ3n) is 2.53. The minimum atomic E-state index is -0.563. The lowest BCUT2D eigenvalue weighted by Crippen LogP contribution is -2.11. The van der Waals surface area contributed by atoms with Crippen LogP contribution >= 0.6 is 0 Å². The number of benzene rings is 1. The average molecular weight is 246 g/mol. The van der Waals surface area contributed by atoms with Crippen LogP contribution in [0.3, 0.4) is 0 Å². The molecule has 18 heavy (non-hydrogen) atoms. The molecule has 1 heterocycles. The van der Waals surface area contributed by atoms with E-state index in [0.717, 1.165) is 11.3 Å². The number of esters is 1. The second kappa shape index (κ2) is 4.97. The van der Waals surface area contributed by atoms with Gasteiger partial charge in [-0.25, -0.2) is 14.5 Å². The minimum absolute atomic E-state index is 0.0250. The van der Waals surface area contributed by atoms with Crippen LogP contribution in [0.15, 0.2) is 30.6 Å². The molecule has 0 aliphatic heterocycles. The van der Waals surface area contributed by atoms with Crippen LogP contribution in [0.1, 0.15) is 29.1 Å². The Balaban J connectivity index is 2.43. The maximum absolute atomic E-state index is 11.3. The molecule has 2 rings (SSSR count). The molecule has 0 saturated carbocycles. The number of hydrogen-bond donors (Lipinski definition) is 1. The standard InChI is InChI=1S/C12H14N4O2/c1-8(13)9-5-3-4-6-10(9)16-7-14-11(15-16)12(17)18-2/h3-8H,13H2,1-2H3. The Bertz CT molecular complexity index is 563. The number of carbonyl (C=O) groups excluding carboxylic acids is 1. The molecule has 0 amide bonds. The van der Waals surface area contributed by atoms with Crippen LogP contribution in [0.5, 0.6) is 0 Å². The largest absolute Gasteiger partial charge is 0.463 e. The first-order chi connectivity index (χ1) is 8.63. The molecule has 0 aliphatic carbocycles. The SMILES string of the molecule is COC(=O)c1ncn(-c2ccccc2C(C)N)n1. The number of ether oxygens (including phenoxy) is 1.